The van der Waals surface area contributed by atoms with Gasteiger partial charge in [0.15, 0.2) is 0 Å². The Bertz CT molecular complexity index is 559. The summed E-state index contributed by atoms with van der Waals surface area (Å²) in [5, 5.41) is 2.74. The van der Waals surface area contributed by atoms with Crippen molar-refractivity contribution in [1.29, 1.82) is 0 Å². The molecule has 0 aromatic carbocycles. The summed E-state index contributed by atoms with van der Waals surface area (Å²) >= 11 is 0. The van der Waals surface area contributed by atoms with Crippen molar-refractivity contribution in [2.24, 2.45) is 0 Å². The lowest BCUT2D eigenvalue weighted by Gasteiger charge is -2.33. The number of nitrogens with zero attached hydrogens (tertiary/aromatic N) is 2. The fraction of sp³-hybridized carbons (Fsp3) is 0.625. The third-order valence-electron chi connectivity index (χ3n) is 3.59. The van der Waals surface area contributed by atoms with Gasteiger partial charge < -0.3 is 15.0 Å². The van der Waals surface area contributed by atoms with E-state index in [9.17, 15) is 18.0 Å². The molecular weight excluding hydrogens is 323 g/mol. The lowest BCUT2D eigenvalue weighted by Crippen LogP contribution is -2.44. The van der Waals surface area contributed by atoms with E-state index in [-0.39, 0.29) is 11.6 Å². The van der Waals surface area contributed by atoms with Crippen molar-refractivity contribution < 1.29 is 22.7 Å². The standard InChI is InChI=1S/C16H22F3N3O2/c1-15(2,3)21-14(23)24-12-6-8-22(9-7-12)13-5-4-11(10-20-13)16(17,18)19/h4-5,10,12H,6-9H2,1-3H3,(H,21,23). The zero-order valence-corrected chi connectivity index (χ0v) is 14.0. The number of amides is 1. The number of carbonyl (C=O) groups is 1. The number of nitrogens with one attached hydrogen (secondary N) is 1. The first-order chi connectivity index (χ1) is 11.0. The van der Waals surface area contributed by atoms with Gasteiger partial charge >= 0.3 is 12.3 Å². The highest BCUT2D eigenvalue weighted by Gasteiger charge is 2.31. The fourth-order valence-electron chi connectivity index (χ4n) is 2.43. The first kappa shape index (κ1) is 18.4. The van der Waals surface area contributed by atoms with E-state index in [1.54, 1.807) is 0 Å². The quantitative estimate of drug-likeness (QED) is 0.890. The normalized spacial score (nSPS) is 16.8. The summed E-state index contributed by atoms with van der Waals surface area (Å²) in [6.07, 6.45) is -2.96. The van der Waals surface area contributed by atoms with Gasteiger partial charge in [-0.1, -0.05) is 0 Å². The fourth-order valence-corrected chi connectivity index (χ4v) is 2.43. The highest BCUT2D eigenvalue weighted by molar-refractivity contribution is 5.68. The summed E-state index contributed by atoms with van der Waals surface area (Å²) in [5.41, 5.74) is -1.12. The zero-order chi connectivity index (χ0) is 18.0. The lowest BCUT2D eigenvalue weighted by atomic mass is 10.1. The smallest absolute Gasteiger partial charge is 0.417 e. The number of ether oxygens (including phenoxy) is 1. The Morgan fingerprint density at radius 2 is 1.88 bits per heavy atom. The lowest BCUT2D eigenvalue weighted by molar-refractivity contribution is -0.137. The summed E-state index contributed by atoms with van der Waals surface area (Å²) in [4.78, 5) is 17.5. The van der Waals surface area contributed by atoms with Gasteiger partial charge in [0.25, 0.3) is 0 Å². The highest BCUT2D eigenvalue weighted by atomic mass is 19.4. The van der Waals surface area contributed by atoms with Gasteiger partial charge in [-0.3, -0.25) is 0 Å². The third kappa shape index (κ3) is 5.28. The molecule has 1 aromatic rings. The van der Waals surface area contributed by atoms with Gasteiger partial charge in [-0.25, -0.2) is 9.78 Å². The number of anilines is 1. The topological polar surface area (TPSA) is 54.5 Å². The third-order valence-corrected chi connectivity index (χ3v) is 3.59. The molecule has 0 saturated carbocycles. The van der Waals surface area contributed by atoms with Gasteiger partial charge in [-0.15, -0.1) is 0 Å². The minimum absolute atomic E-state index is 0.196. The minimum Gasteiger partial charge on any atom is -0.446 e. The first-order valence-corrected chi connectivity index (χ1v) is 7.81. The van der Waals surface area contributed by atoms with Gasteiger partial charge in [-0.05, 0) is 32.9 Å². The summed E-state index contributed by atoms with van der Waals surface area (Å²) in [5.74, 6) is 0.501. The number of aromatic nitrogens is 1. The molecule has 0 unspecified atom stereocenters. The molecule has 0 atom stereocenters. The molecule has 0 spiro atoms. The average molecular weight is 345 g/mol. The maximum atomic E-state index is 12.5. The van der Waals surface area contributed by atoms with E-state index in [0.717, 1.165) is 12.3 Å². The van der Waals surface area contributed by atoms with E-state index in [1.807, 2.05) is 25.7 Å². The number of alkyl carbamates (subject to hydrolysis) is 1. The van der Waals surface area contributed by atoms with E-state index in [2.05, 4.69) is 10.3 Å². The second-order valence-corrected chi connectivity index (χ2v) is 6.87. The van der Waals surface area contributed by atoms with Crippen LogP contribution in [0.4, 0.5) is 23.8 Å². The van der Waals surface area contributed by atoms with Gasteiger partial charge in [0, 0.05) is 37.7 Å². The van der Waals surface area contributed by atoms with Crippen molar-refractivity contribution >= 4 is 11.9 Å². The van der Waals surface area contributed by atoms with E-state index in [1.165, 1.54) is 6.07 Å². The number of halogens is 3. The van der Waals surface area contributed by atoms with Crippen molar-refractivity contribution in [3.63, 3.8) is 0 Å². The minimum atomic E-state index is -4.38. The number of pyridine rings is 1. The zero-order valence-electron chi connectivity index (χ0n) is 14.0. The van der Waals surface area contributed by atoms with E-state index < -0.39 is 17.8 Å². The van der Waals surface area contributed by atoms with Crippen LogP contribution in [0, 0.1) is 0 Å². The Morgan fingerprint density at radius 1 is 1.25 bits per heavy atom. The van der Waals surface area contributed by atoms with Gasteiger partial charge in [0.05, 0.1) is 5.56 Å². The molecule has 8 heteroatoms. The Hall–Kier alpha value is -1.99. The predicted octanol–water partition coefficient (Wildman–Crippen LogP) is 3.59. The maximum absolute atomic E-state index is 12.5. The largest absolute Gasteiger partial charge is 0.446 e. The Morgan fingerprint density at radius 3 is 2.33 bits per heavy atom. The van der Waals surface area contributed by atoms with Crippen molar-refractivity contribution in [3.8, 4) is 0 Å². The summed E-state index contributed by atoms with van der Waals surface area (Å²) < 4.78 is 43.0. The van der Waals surface area contributed by atoms with Crippen LogP contribution in [0.25, 0.3) is 0 Å². The van der Waals surface area contributed by atoms with Gasteiger partial charge in [0.1, 0.15) is 11.9 Å². The molecule has 0 aliphatic carbocycles. The van der Waals surface area contributed by atoms with Crippen molar-refractivity contribution in [2.45, 2.75) is 51.4 Å². The van der Waals surface area contributed by atoms with Crippen LogP contribution in [0.15, 0.2) is 18.3 Å². The highest BCUT2D eigenvalue weighted by Crippen LogP contribution is 2.30. The van der Waals surface area contributed by atoms with E-state index in [0.29, 0.717) is 31.7 Å². The molecule has 5 nitrogen and oxygen atoms in total. The molecule has 1 fully saturated rings. The van der Waals surface area contributed by atoms with Gasteiger partial charge in [-0.2, -0.15) is 13.2 Å². The van der Waals surface area contributed by atoms with Crippen LogP contribution in [0.2, 0.25) is 0 Å². The predicted molar refractivity (Wildman–Crippen MR) is 83.8 cm³/mol. The Labute approximate surface area is 139 Å². The van der Waals surface area contributed by atoms with Crippen LogP contribution in [-0.4, -0.2) is 35.8 Å². The maximum Gasteiger partial charge on any atom is 0.417 e. The van der Waals surface area contributed by atoms with Crippen molar-refractivity contribution in [3.05, 3.63) is 23.9 Å². The molecule has 1 saturated heterocycles. The second-order valence-electron chi connectivity index (χ2n) is 6.87. The summed E-state index contributed by atoms with van der Waals surface area (Å²) in [6, 6.07) is 2.40. The molecule has 1 amide bonds. The molecule has 1 N–H and O–H groups in total. The number of hydrogen-bond donors (Lipinski definition) is 1. The summed E-state index contributed by atoms with van der Waals surface area (Å²) in [7, 11) is 0. The van der Waals surface area contributed by atoms with Gasteiger partial charge in [0.2, 0.25) is 0 Å². The van der Waals surface area contributed by atoms with Crippen LogP contribution in [0.5, 0.6) is 0 Å². The number of carbonyl (C=O) groups excluding carboxylic acids is 1. The average Bonchev–Trinajstić information content (AvgIpc) is 2.45. The molecule has 2 heterocycles. The SMILES string of the molecule is CC(C)(C)NC(=O)OC1CCN(c2ccc(C(F)(F)F)cn2)CC1. The Balaban J connectivity index is 1.85. The molecule has 1 aromatic heterocycles. The number of hydrogen-bond acceptors (Lipinski definition) is 4. The second kappa shape index (κ2) is 6.86. The Kier molecular flexibility index (Phi) is 5.25. The van der Waals surface area contributed by atoms with Crippen molar-refractivity contribution in [1.82, 2.24) is 10.3 Å². The van der Waals surface area contributed by atoms with Crippen LogP contribution in [-0.2, 0) is 10.9 Å². The molecule has 0 bridgehead atoms. The van der Waals surface area contributed by atoms with E-state index >= 15 is 0 Å². The van der Waals surface area contributed by atoms with Crippen LogP contribution >= 0.6 is 0 Å². The summed E-state index contributed by atoms with van der Waals surface area (Å²) in [6.45, 7) is 6.76. The molecule has 1 aliphatic heterocycles. The monoisotopic (exact) mass is 345 g/mol. The molecule has 2 rings (SSSR count). The molecule has 24 heavy (non-hydrogen) atoms. The van der Waals surface area contributed by atoms with Crippen LogP contribution in [0.1, 0.15) is 39.2 Å². The molecule has 0 radical (unpaired) electrons. The number of alkyl halides is 3. The first-order valence-electron chi connectivity index (χ1n) is 7.81. The molecular formula is C16H22F3N3O2. The van der Waals surface area contributed by atoms with Crippen LogP contribution in [0.3, 0.4) is 0 Å². The molecule has 1 aliphatic rings. The van der Waals surface area contributed by atoms with E-state index in [4.69, 9.17) is 4.74 Å². The van der Waals surface area contributed by atoms with Crippen LogP contribution < -0.4 is 10.2 Å². The molecule has 134 valence electrons. The number of piperidine rings is 1. The number of rotatable bonds is 2. The van der Waals surface area contributed by atoms with Crippen molar-refractivity contribution in [2.75, 3.05) is 18.0 Å².